The molecule has 0 aliphatic carbocycles. The zero-order chi connectivity index (χ0) is 9.80. The van der Waals surface area contributed by atoms with Gasteiger partial charge in [-0.05, 0) is 24.3 Å². The number of rotatable bonds is 2. The average molecular weight is 224 g/mol. The zero-order valence-electron chi connectivity index (χ0n) is 7.09. The highest BCUT2D eigenvalue weighted by Gasteiger charge is 1.92. The van der Waals surface area contributed by atoms with Gasteiger partial charge in [-0.1, -0.05) is 11.6 Å². The van der Waals surface area contributed by atoms with Gasteiger partial charge in [0.1, 0.15) is 0 Å². The number of hydrogen-bond donors (Lipinski definition) is 0. The van der Waals surface area contributed by atoms with Gasteiger partial charge in [-0.15, -0.1) is 21.6 Å². The Kier molecular flexibility index (Phi) is 2.86. The monoisotopic (exact) mass is 223 g/mol. The van der Waals surface area contributed by atoms with Crippen LogP contribution in [0.1, 0.15) is 0 Å². The molecule has 0 saturated carbocycles. The van der Waals surface area contributed by atoms with Crippen LogP contribution in [-0.2, 0) is 0 Å². The summed E-state index contributed by atoms with van der Waals surface area (Å²) < 4.78 is 0. The number of benzene rings is 1. The lowest BCUT2D eigenvalue weighted by molar-refractivity contribution is 1.20. The van der Waals surface area contributed by atoms with Crippen LogP contribution >= 0.6 is 22.9 Å². The van der Waals surface area contributed by atoms with E-state index in [2.05, 4.69) is 15.2 Å². The first-order valence-corrected chi connectivity index (χ1v) is 5.17. The summed E-state index contributed by atoms with van der Waals surface area (Å²) in [4.78, 5) is 3.98. The van der Waals surface area contributed by atoms with E-state index in [9.17, 15) is 0 Å². The van der Waals surface area contributed by atoms with Crippen molar-refractivity contribution >= 4 is 33.8 Å². The topological polar surface area (TPSA) is 37.6 Å². The standard InChI is InChI=1S/C9H6ClN3S/c10-7-1-3-8(4-2-7)12-13-9-11-5-6-14-9/h1-6H. The summed E-state index contributed by atoms with van der Waals surface area (Å²) >= 11 is 7.18. The third kappa shape index (κ3) is 2.37. The van der Waals surface area contributed by atoms with Crippen molar-refractivity contribution in [3.8, 4) is 0 Å². The molecule has 0 aliphatic heterocycles. The number of halogens is 1. The van der Waals surface area contributed by atoms with Gasteiger partial charge in [-0.25, -0.2) is 4.98 Å². The molecule has 0 amide bonds. The second-order valence-electron chi connectivity index (χ2n) is 2.49. The minimum Gasteiger partial charge on any atom is -0.226 e. The Labute approximate surface area is 90.1 Å². The first-order chi connectivity index (χ1) is 6.84. The van der Waals surface area contributed by atoms with Crippen LogP contribution < -0.4 is 0 Å². The van der Waals surface area contributed by atoms with E-state index in [0.29, 0.717) is 10.2 Å². The summed E-state index contributed by atoms with van der Waals surface area (Å²) in [5, 5.41) is 11.2. The molecule has 0 N–H and O–H groups in total. The van der Waals surface area contributed by atoms with E-state index < -0.39 is 0 Å². The Balaban J connectivity index is 2.15. The first kappa shape index (κ1) is 9.30. The molecule has 3 nitrogen and oxygen atoms in total. The molecule has 0 atom stereocenters. The summed E-state index contributed by atoms with van der Waals surface area (Å²) in [6.07, 6.45) is 1.70. The predicted octanol–water partition coefficient (Wildman–Crippen LogP) is 4.21. The van der Waals surface area contributed by atoms with E-state index in [1.807, 2.05) is 5.38 Å². The molecular weight excluding hydrogens is 218 g/mol. The van der Waals surface area contributed by atoms with Crippen LogP contribution in [0.2, 0.25) is 5.02 Å². The van der Waals surface area contributed by atoms with E-state index in [0.717, 1.165) is 5.69 Å². The van der Waals surface area contributed by atoms with Crippen molar-refractivity contribution in [1.29, 1.82) is 0 Å². The Morgan fingerprint density at radius 2 is 1.93 bits per heavy atom. The largest absolute Gasteiger partial charge is 0.229 e. The first-order valence-electron chi connectivity index (χ1n) is 3.91. The maximum Gasteiger partial charge on any atom is 0.229 e. The van der Waals surface area contributed by atoms with Crippen molar-refractivity contribution < 1.29 is 0 Å². The predicted molar refractivity (Wildman–Crippen MR) is 57.7 cm³/mol. The van der Waals surface area contributed by atoms with E-state index in [1.165, 1.54) is 11.3 Å². The highest BCUT2D eigenvalue weighted by Crippen LogP contribution is 2.21. The molecule has 0 bridgehead atoms. The van der Waals surface area contributed by atoms with Crippen molar-refractivity contribution in [3.05, 3.63) is 40.9 Å². The normalized spacial score (nSPS) is 10.9. The van der Waals surface area contributed by atoms with Crippen LogP contribution in [0.15, 0.2) is 46.1 Å². The zero-order valence-corrected chi connectivity index (χ0v) is 8.66. The second-order valence-corrected chi connectivity index (χ2v) is 3.80. The minimum atomic E-state index is 0.653. The minimum absolute atomic E-state index is 0.653. The lowest BCUT2D eigenvalue weighted by Gasteiger charge is -1.90. The van der Waals surface area contributed by atoms with Crippen molar-refractivity contribution in [2.45, 2.75) is 0 Å². The number of thiazole rings is 1. The van der Waals surface area contributed by atoms with Crippen molar-refractivity contribution in [1.82, 2.24) is 4.98 Å². The Morgan fingerprint density at radius 1 is 1.14 bits per heavy atom. The highest BCUT2D eigenvalue weighted by atomic mass is 35.5. The summed E-state index contributed by atoms with van der Waals surface area (Å²) in [6, 6.07) is 7.16. The molecule has 0 radical (unpaired) electrons. The van der Waals surface area contributed by atoms with Crippen LogP contribution in [0.4, 0.5) is 10.8 Å². The molecule has 5 heteroatoms. The molecule has 1 aromatic heterocycles. The van der Waals surface area contributed by atoms with Gasteiger partial charge < -0.3 is 0 Å². The quantitative estimate of drug-likeness (QED) is 0.703. The Bertz CT molecular complexity index is 422. The SMILES string of the molecule is Clc1ccc(N=Nc2nccs2)cc1. The maximum atomic E-state index is 5.73. The van der Waals surface area contributed by atoms with Crippen LogP contribution in [0.25, 0.3) is 0 Å². The summed E-state index contributed by atoms with van der Waals surface area (Å²) in [5.41, 5.74) is 0.768. The molecule has 0 saturated heterocycles. The smallest absolute Gasteiger partial charge is 0.226 e. The van der Waals surface area contributed by atoms with Gasteiger partial charge in [0.25, 0.3) is 0 Å². The van der Waals surface area contributed by atoms with Gasteiger partial charge in [0.05, 0.1) is 5.69 Å². The molecule has 14 heavy (non-hydrogen) atoms. The van der Waals surface area contributed by atoms with Crippen LogP contribution in [0.3, 0.4) is 0 Å². The van der Waals surface area contributed by atoms with Crippen molar-refractivity contribution in [2.24, 2.45) is 10.2 Å². The van der Waals surface area contributed by atoms with Crippen molar-refractivity contribution in [3.63, 3.8) is 0 Å². The summed E-state index contributed by atoms with van der Waals surface area (Å²) in [6.45, 7) is 0. The third-order valence-corrected chi connectivity index (χ3v) is 2.40. The van der Waals surface area contributed by atoms with Crippen LogP contribution in [0.5, 0.6) is 0 Å². The van der Waals surface area contributed by atoms with Crippen LogP contribution in [-0.4, -0.2) is 4.98 Å². The highest BCUT2D eigenvalue weighted by molar-refractivity contribution is 7.13. The lowest BCUT2D eigenvalue weighted by Crippen LogP contribution is -1.63. The van der Waals surface area contributed by atoms with Crippen molar-refractivity contribution in [2.75, 3.05) is 0 Å². The summed E-state index contributed by atoms with van der Waals surface area (Å²) in [7, 11) is 0. The van der Waals surface area contributed by atoms with E-state index in [-0.39, 0.29) is 0 Å². The molecule has 1 aromatic carbocycles. The molecule has 1 heterocycles. The van der Waals surface area contributed by atoms with E-state index >= 15 is 0 Å². The van der Waals surface area contributed by atoms with Gasteiger partial charge in [0.15, 0.2) is 0 Å². The molecule has 2 aromatic rings. The third-order valence-electron chi connectivity index (χ3n) is 1.50. The fourth-order valence-corrected chi connectivity index (χ4v) is 1.45. The molecule has 2 rings (SSSR count). The van der Waals surface area contributed by atoms with Gasteiger partial charge in [-0.2, -0.15) is 0 Å². The van der Waals surface area contributed by atoms with E-state index in [4.69, 9.17) is 11.6 Å². The molecule has 70 valence electrons. The number of nitrogens with zero attached hydrogens (tertiary/aromatic N) is 3. The second kappa shape index (κ2) is 4.30. The number of aromatic nitrogens is 1. The molecule has 0 spiro atoms. The molecule has 0 aliphatic rings. The fourth-order valence-electron chi connectivity index (χ4n) is 0.874. The number of hydrogen-bond acceptors (Lipinski definition) is 4. The van der Waals surface area contributed by atoms with Gasteiger partial charge in [0, 0.05) is 16.6 Å². The van der Waals surface area contributed by atoms with Gasteiger partial charge >= 0.3 is 0 Å². The fraction of sp³-hybridized carbons (Fsp3) is 0. The lowest BCUT2D eigenvalue weighted by atomic mass is 10.3. The Hall–Kier alpha value is -1.26. The maximum absolute atomic E-state index is 5.73. The van der Waals surface area contributed by atoms with Gasteiger partial charge in [0.2, 0.25) is 5.13 Å². The summed E-state index contributed by atoms with van der Waals surface area (Å²) in [5.74, 6) is 0. The number of azo groups is 1. The Morgan fingerprint density at radius 3 is 2.57 bits per heavy atom. The van der Waals surface area contributed by atoms with E-state index in [1.54, 1.807) is 30.5 Å². The average Bonchev–Trinajstić information content (AvgIpc) is 2.70. The molecule has 0 unspecified atom stereocenters. The molecule has 0 fully saturated rings. The van der Waals surface area contributed by atoms with Gasteiger partial charge in [-0.3, -0.25) is 0 Å². The van der Waals surface area contributed by atoms with Crippen LogP contribution in [0, 0.1) is 0 Å². The molecular formula is C9H6ClN3S.